The highest BCUT2D eigenvalue weighted by Crippen LogP contribution is 2.34. The van der Waals surface area contributed by atoms with Crippen LogP contribution in [0.2, 0.25) is 0 Å². The van der Waals surface area contributed by atoms with Gasteiger partial charge >= 0.3 is 0 Å². The number of hydrogen-bond acceptors (Lipinski definition) is 6. The van der Waals surface area contributed by atoms with Gasteiger partial charge < -0.3 is 21.1 Å². The quantitative estimate of drug-likeness (QED) is 0.356. The number of rotatable bonds is 9. The minimum Gasteiger partial charge on any atom is -0.508 e. The van der Waals surface area contributed by atoms with Crippen molar-refractivity contribution in [3.8, 4) is 11.5 Å². The van der Waals surface area contributed by atoms with Crippen LogP contribution in [0.15, 0.2) is 83.8 Å². The van der Waals surface area contributed by atoms with Gasteiger partial charge in [-0.1, -0.05) is 49.4 Å². The number of phenols is 2. The Morgan fingerprint density at radius 2 is 1.24 bits per heavy atom. The third kappa shape index (κ3) is 6.71. The van der Waals surface area contributed by atoms with Gasteiger partial charge in [0.05, 0.1) is 11.0 Å². The van der Waals surface area contributed by atoms with Crippen molar-refractivity contribution < 1.29 is 23.7 Å². The van der Waals surface area contributed by atoms with E-state index in [-0.39, 0.29) is 47.1 Å². The molecule has 0 aliphatic heterocycles. The average Bonchev–Trinajstić information content (AvgIpc) is 2.79. The van der Waals surface area contributed by atoms with Crippen LogP contribution in [0.25, 0.3) is 0 Å². The van der Waals surface area contributed by atoms with Crippen molar-refractivity contribution in [1.29, 1.82) is 0 Å². The van der Waals surface area contributed by atoms with Crippen LogP contribution in [-0.2, 0) is 9.84 Å². The van der Waals surface area contributed by atoms with Crippen molar-refractivity contribution in [2.75, 3.05) is 0 Å². The first kappa shape index (κ1) is 26.7. The van der Waals surface area contributed by atoms with Gasteiger partial charge in [0.1, 0.15) is 16.9 Å². The summed E-state index contributed by atoms with van der Waals surface area (Å²) in [6, 6.07) is 21.7. The second-order valence-electron chi connectivity index (χ2n) is 8.20. The third-order valence-electron chi connectivity index (χ3n) is 5.68. The molecule has 3 aromatic carbocycles. The first-order valence-corrected chi connectivity index (χ1v) is 12.0. The Bertz CT molecular complexity index is 1060. The molecule has 0 saturated carbocycles. The van der Waals surface area contributed by atoms with Gasteiger partial charge in [-0.2, -0.15) is 0 Å². The van der Waals surface area contributed by atoms with Crippen molar-refractivity contribution in [1.82, 2.24) is 0 Å². The summed E-state index contributed by atoms with van der Waals surface area (Å²) in [5.74, 6) is 0.201. The highest BCUT2D eigenvalue weighted by Gasteiger charge is 2.32. The zero-order valence-corrected chi connectivity index (χ0v) is 19.9. The van der Waals surface area contributed by atoms with Gasteiger partial charge in [-0.05, 0) is 66.3 Å². The molecule has 0 bridgehead atoms. The minimum absolute atomic E-state index is 0. The number of sulfone groups is 1. The molecule has 33 heavy (non-hydrogen) atoms. The van der Waals surface area contributed by atoms with Gasteiger partial charge in [0, 0.05) is 5.92 Å². The first-order chi connectivity index (χ1) is 15.2. The fourth-order valence-corrected chi connectivity index (χ4v) is 5.27. The Balaban J connectivity index is 0.00000385. The zero-order valence-electron chi connectivity index (χ0n) is 18.3. The maximum absolute atomic E-state index is 12.8. The van der Waals surface area contributed by atoms with Crippen LogP contribution in [0, 0.1) is 5.92 Å². The second kappa shape index (κ2) is 11.5. The van der Waals surface area contributed by atoms with Crippen LogP contribution < -0.4 is 5.73 Å². The van der Waals surface area contributed by atoms with E-state index < -0.39 is 21.3 Å². The van der Waals surface area contributed by atoms with Crippen molar-refractivity contribution in [2.45, 2.75) is 42.1 Å². The lowest BCUT2D eigenvalue weighted by molar-refractivity contribution is 0.137. The van der Waals surface area contributed by atoms with Crippen LogP contribution in [0.5, 0.6) is 11.5 Å². The summed E-state index contributed by atoms with van der Waals surface area (Å²) in [6.45, 7) is 1.94. The van der Waals surface area contributed by atoms with E-state index in [0.29, 0.717) is 6.42 Å². The van der Waals surface area contributed by atoms with Gasteiger partial charge in [-0.25, -0.2) is 8.42 Å². The Morgan fingerprint density at radius 1 is 0.788 bits per heavy atom. The SMILES string of the molecule is CC(CC(c1ccc(O)cc1)c1ccc(O)cc1)C[C@H](O)C(N)S(=O)(=O)c1ccccc1.Cl. The van der Waals surface area contributed by atoms with Crippen LogP contribution >= 0.6 is 12.4 Å². The normalized spacial score (nSPS) is 14.3. The highest BCUT2D eigenvalue weighted by molar-refractivity contribution is 7.92. The van der Waals surface area contributed by atoms with Crippen molar-refractivity contribution in [3.05, 3.63) is 90.0 Å². The summed E-state index contributed by atoms with van der Waals surface area (Å²) in [6.07, 6.45) is -0.402. The third-order valence-corrected chi connectivity index (χ3v) is 7.64. The van der Waals surface area contributed by atoms with Crippen LogP contribution in [0.3, 0.4) is 0 Å². The molecule has 3 aromatic rings. The average molecular weight is 492 g/mol. The fourth-order valence-electron chi connectivity index (χ4n) is 3.90. The molecule has 0 fully saturated rings. The van der Waals surface area contributed by atoms with E-state index in [2.05, 4.69) is 0 Å². The van der Waals surface area contributed by atoms with Gasteiger partial charge in [0.25, 0.3) is 0 Å². The van der Waals surface area contributed by atoms with E-state index in [9.17, 15) is 23.7 Å². The molecule has 0 amide bonds. The summed E-state index contributed by atoms with van der Waals surface area (Å²) < 4.78 is 25.5. The van der Waals surface area contributed by atoms with Gasteiger partial charge in [0.15, 0.2) is 9.84 Å². The largest absolute Gasteiger partial charge is 0.508 e. The molecule has 6 nitrogen and oxygen atoms in total. The number of hydrogen-bond donors (Lipinski definition) is 4. The number of halogens is 1. The molecule has 8 heteroatoms. The van der Waals surface area contributed by atoms with Gasteiger partial charge in [-0.15, -0.1) is 12.4 Å². The molecule has 0 radical (unpaired) electrons. The number of nitrogens with two attached hydrogens (primary N) is 1. The van der Waals surface area contributed by atoms with Crippen LogP contribution in [0.4, 0.5) is 0 Å². The lowest BCUT2D eigenvalue weighted by Crippen LogP contribution is -2.42. The van der Waals surface area contributed by atoms with Crippen LogP contribution in [0.1, 0.15) is 36.8 Å². The maximum atomic E-state index is 12.8. The topological polar surface area (TPSA) is 121 Å². The van der Waals surface area contributed by atoms with E-state index >= 15 is 0 Å². The van der Waals surface area contributed by atoms with E-state index in [1.54, 1.807) is 42.5 Å². The Hall–Kier alpha value is -2.58. The zero-order chi connectivity index (χ0) is 23.3. The van der Waals surface area contributed by atoms with E-state index in [1.807, 2.05) is 31.2 Å². The van der Waals surface area contributed by atoms with Crippen molar-refractivity contribution >= 4 is 22.2 Å². The lowest BCUT2D eigenvalue weighted by atomic mass is 9.82. The molecule has 3 rings (SSSR count). The standard InChI is InChI=1S/C25H29NO5S.ClH/c1-17(16-24(29)25(26)32(30,31)22-5-3-2-4-6-22)15-23(18-7-11-20(27)12-8-18)19-9-13-21(28)14-10-19;/h2-14,17,23-25,27-29H,15-16,26H2,1H3;1H/t17?,24-,25?;/m0./s1. The molecule has 3 atom stereocenters. The molecular formula is C25H30ClNO5S. The number of aliphatic hydroxyl groups is 1. The summed E-state index contributed by atoms with van der Waals surface area (Å²) in [5, 5.41) is 28.5. The molecule has 0 aromatic heterocycles. The summed E-state index contributed by atoms with van der Waals surface area (Å²) in [4.78, 5) is 0.0882. The predicted molar refractivity (Wildman–Crippen MR) is 131 cm³/mol. The smallest absolute Gasteiger partial charge is 0.196 e. The van der Waals surface area contributed by atoms with E-state index in [4.69, 9.17) is 5.73 Å². The summed E-state index contributed by atoms with van der Waals surface area (Å²) >= 11 is 0. The van der Waals surface area contributed by atoms with E-state index in [1.165, 1.54) is 12.1 Å². The number of aromatic hydroxyl groups is 2. The summed E-state index contributed by atoms with van der Waals surface area (Å²) in [5.41, 5.74) is 7.91. The molecule has 178 valence electrons. The van der Waals surface area contributed by atoms with E-state index in [0.717, 1.165) is 11.1 Å². The Labute approximate surface area is 201 Å². The molecule has 2 unspecified atom stereocenters. The van der Waals surface area contributed by atoms with Gasteiger partial charge in [0.2, 0.25) is 0 Å². The fraction of sp³-hybridized carbons (Fsp3) is 0.280. The molecule has 0 aliphatic carbocycles. The predicted octanol–water partition coefficient (Wildman–Crippen LogP) is 4.19. The van der Waals surface area contributed by atoms with Crippen LogP contribution in [-0.4, -0.2) is 35.2 Å². The molecule has 5 N–H and O–H groups in total. The first-order valence-electron chi connectivity index (χ1n) is 10.5. The molecule has 0 heterocycles. The molecule has 0 saturated heterocycles. The second-order valence-corrected chi connectivity index (χ2v) is 10.3. The molecular weight excluding hydrogens is 462 g/mol. The number of aliphatic hydroxyl groups excluding tert-OH is 1. The number of phenolic OH excluding ortho intramolecular Hbond substituents is 2. The van der Waals surface area contributed by atoms with Gasteiger partial charge in [-0.3, -0.25) is 0 Å². The van der Waals surface area contributed by atoms with Crippen molar-refractivity contribution in [2.24, 2.45) is 11.7 Å². The Morgan fingerprint density at radius 3 is 1.70 bits per heavy atom. The molecule has 0 aliphatic rings. The highest BCUT2D eigenvalue weighted by atomic mass is 35.5. The lowest BCUT2D eigenvalue weighted by Gasteiger charge is -2.26. The molecule has 0 spiro atoms. The van der Waals surface area contributed by atoms with Crippen molar-refractivity contribution in [3.63, 3.8) is 0 Å². The maximum Gasteiger partial charge on any atom is 0.196 e. The number of benzene rings is 3. The summed E-state index contributed by atoms with van der Waals surface area (Å²) in [7, 11) is -3.85. The Kier molecular flexibility index (Phi) is 9.31. The monoisotopic (exact) mass is 491 g/mol. The minimum atomic E-state index is -3.85.